The van der Waals surface area contributed by atoms with Gasteiger partial charge in [0.25, 0.3) is 0 Å². The molecule has 0 unspecified atom stereocenters. The van der Waals surface area contributed by atoms with Gasteiger partial charge in [0.2, 0.25) is 0 Å². The molecule has 0 saturated heterocycles. The molecule has 2 nitrogen and oxygen atoms in total. The minimum absolute atomic E-state index is 0.776. The van der Waals surface area contributed by atoms with Gasteiger partial charge in [-0.25, -0.2) is 0 Å². The van der Waals surface area contributed by atoms with Crippen molar-refractivity contribution in [2.45, 2.75) is 13.8 Å². The maximum atomic E-state index is 6.37. The zero-order valence-corrected chi connectivity index (χ0v) is 14.4. The van der Waals surface area contributed by atoms with E-state index in [9.17, 15) is 0 Å². The van der Waals surface area contributed by atoms with Crippen LogP contribution in [0.4, 0.5) is 0 Å². The van der Waals surface area contributed by atoms with Crippen molar-refractivity contribution in [2.75, 3.05) is 0 Å². The van der Waals surface area contributed by atoms with Crippen molar-refractivity contribution in [3.05, 3.63) is 83.3 Å². The number of benzene rings is 2. The molecule has 4 aromatic rings. The molecule has 0 saturated carbocycles. The van der Waals surface area contributed by atoms with E-state index in [1.807, 2.05) is 30.5 Å². The summed E-state index contributed by atoms with van der Waals surface area (Å²) in [7, 11) is 0. The number of pyridine rings is 1. The predicted molar refractivity (Wildman–Crippen MR) is 101 cm³/mol. The van der Waals surface area contributed by atoms with E-state index in [-0.39, 0.29) is 0 Å². The molecule has 0 spiro atoms. The quantitative estimate of drug-likeness (QED) is 0.442. The summed E-state index contributed by atoms with van der Waals surface area (Å²) < 4.78 is 2.26. The Bertz CT molecular complexity index is 1030. The van der Waals surface area contributed by atoms with Crippen LogP contribution in [-0.2, 0) is 0 Å². The molecule has 2 heterocycles. The van der Waals surface area contributed by atoms with Gasteiger partial charge in [-0.05, 0) is 55.3 Å². The molecule has 0 fully saturated rings. The van der Waals surface area contributed by atoms with Gasteiger partial charge in [0, 0.05) is 27.9 Å². The van der Waals surface area contributed by atoms with Gasteiger partial charge in [-0.15, -0.1) is 0 Å². The van der Waals surface area contributed by atoms with Gasteiger partial charge in [-0.2, -0.15) is 0 Å². The lowest BCUT2D eigenvalue weighted by Crippen LogP contribution is -1.96. The van der Waals surface area contributed by atoms with Crippen LogP contribution in [0.1, 0.15) is 11.3 Å². The highest BCUT2D eigenvalue weighted by atomic mass is 35.5. The molecule has 0 bridgehead atoms. The molecule has 0 atom stereocenters. The second kappa shape index (κ2) is 5.81. The fourth-order valence-electron chi connectivity index (χ4n) is 3.26. The van der Waals surface area contributed by atoms with Gasteiger partial charge in [-0.3, -0.25) is 4.98 Å². The van der Waals surface area contributed by atoms with Crippen LogP contribution in [0.2, 0.25) is 5.02 Å². The van der Waals surface area contributed by atoms with Crippen molar-refractivity contribution in [3.63, 3.8) is 0 Å². The van der Waals surface area contributed by atoms with Gasteiger partial charge in [0.05, 0.1) is 17.4 Å². The Morgan fingerprint density at radius 1 is 0.958 bits per heavy atom. The first-order valence-corrected chi connectivity index (χ1v) is 8.31. The van der Waals surface area contributed by atoms with Crippen molar-refractivity contribution in [2.24, 2.45) is 0 Å². The van der Waals surface area contributed by atoms with Crippen molar-refractivity contribution < 1.29 is 0 Å². The van der Waals surface area contributed by atoms with E-state index in [1.165, 1.54) is 22.2 Å². The minimum atomic E-state index is 0.776. The number of fused-ring (bicyclic) bond motifs is 1. The van der Waals surface area contributed by atoms with Gasteiger partial charge in [0.1, 0.15) is 0 Å². The highest BCUT2D eigenvalue weighted by molar-refractivity contribution is 6.33. The number of nitrogens with zero attached hydrogens (tertiary/aromatic N) is 2. The van der Waals surface area contributed by atoms with Crippen molar-refractivity contribution in [3.8, 4) is 16.8 Å². The average Bonchev–Trinajstić information content (AvgIpc) is 2.87. The Morgan fingerprint density at radius 2 is 1.79 bits per heavy atom. The van der Waals surface area contributed by atoms with Crippen LogP contribution in [0, 0.1) is 13.8 Å². The maximum absolute atomic E-state index is 6.37. The van der Waals surface area contributed by atoms with Gasteiger partial charge in [0.15, 0.2) is 0 Å². The van der Waals surface area contributed by atoms with Crippen LogP contribution in [0.15, 0.2) is 67.0 Å². The highest BCUT2D eigenvalue weighted by Gasteiger charge is 2.14. The molecule has 0 N–H and O–H groups in total. The summed E-state index contributed by atoms with van der Waals surface area (Å²) in [5.74, 6) is 0. The molecule has 0 radical (unpaired) electrons. The van der Waals surface area contributed by atoms with Gasteiger partial charge < -0.3 is 4.57 Å². The van der Waals surface area contributed by atoms with E-state index in [0.29, 0.717) is 0 Å². The van der Waals surface area contributed by atoms with Crippen LogP contribution < -0.4 is 0 Å². The largest absolute Gasteiger partial charge is 0.312 e. The van der Waals surface area contributed by atoms with Crippen LogP contribution in [0.25, 0.3) is 27.7 Å². The number of hydrogen-bond acceptors (Lipinski definition) is 1. The summed E-state index contributed by atoms with van der Waals surface area (Å²) in [5.41, 5.74) is 6.98. The molecule has 2 aromatic carbocycles. The number of rotatable bonds is 2. The summed E-state index contributed by atoms with van der Waals surface area (Å²) in [6, 6.07) is 18.5. The number of halogens is 1. The summed E-state index contributed by atoms with van der Waals surface area (Å²) in [6.45, 7) is 4.32. The second-order valence-electron chi connectivity index (χ2n) is 5.97. The van der Waals surface area contributed by atoms with Gasteiger partial charge in [-0.1, -0.05) is 35.9 Å². The number of aromatic nitrogens is 2. The third-order valence-corrected chi connectivity index (χ3v) is 4.94. The van der Waals surface area contributed by atoms with Crippen LogP contribution >= 0.6 is 11.6 Å². The highest BCUT2D eigenvalue weighted by Crippen LogP contribution is 2.34. The maximum Gasteiger partial charge on any atom is 0.0641 e. The Hall–Kier alpha value is -2.58. The lowest BCUT2D eigenvalue weighted by atomic mass is 10.0. The van der Waals surface area contributed by atoms with Crippen LogP contribution in [-0.4, -0.2) is 9.55 Å². The molecule has 4 rings (SSSR count). The first kappa shape index (κ1) is 15.0. The first-order valence-electron chi connectivity index (χ1n) is 7.94. The summed E-state index contributed by atoms with van der Waals surface area (Å²) >= 11 is 6.37. The van der Waals surface area contributed by atoms with Crippen molar-refractivity contribution in [1.82, 2.24) is 9.55 Å². The SMILES string of the molecule is Cc1c(C)n(-c2cccnc2)c2ccc(-c3ccccc3Cl)cc12. The van der Waals surface area contributed by atoms with E-state index in [4.69, 9.17) is 11.6 Å². The predicted octanol–water partition coefficient (Wildman–Crippen LogP) is 5.96. The molecule has 118 valence electrons. The lowest BCUT2D eigenvalue weighted by molar-refractivity contribution is 1.02. The fraction of sp³-hybridized carbons (Fsp3) is 0.0952. The average molecular weight is 333 g/mol. The lowest BCUT2D eigenvalue weighted by Gasteiger charge is -2.09. The van der Waals surface area contributed by atoms with E-state index < -0.39 is 0 Å². The number of aryl methyl sites for hydroxylation is 1. The molecular formula is C21H17ClN2. The molecule has 24 heavy (non-hydrogen) atoms. The molecule has 3 heteroatoms. The molecule has 0 amide bonds. The minimum Gasteiger partial charge on any atom is -0.312 e. The van der Waals surface area contributed by atoms with E-state index >= 15 is 0 Å². The molecular weight excluding hydrogens is 316 g/mol. The monoisotopic (exact) mass is 332 g/mol. The Balaban J connectivity index is 1.97. The summed E-state index contributed by atoms with van der Waals surface area (Å²) in [4.78, 5) is 4.26. The topological polar surface area (TPSA) is 17.8 Å². The Morgan fingerprint density at radius 3 is 2.54 bits per heavy atom. The fourth-order valence-corrected chi connectivity index (χ4v) is 3.50. The first-order chi connectivity index (χ1) is 11.7. The Kier molecular flexibility index (Phi) is 3.62. The van der Waals surface area contributed by atoms with Crippen molar-refractivity contribution in [1.29, 1.82) is 0 Å². The van der Waals surface area contributed by atoms with E-state index in [1.54, 1.807) is 6.20 Å². The Labute approximate surface area is 146 Å². The summed E-state index contributed by atoms with van der Waals surface area (Å²) in [6.07, 6.45) is 3.70. The smallest absolute Gasteiger partial charge is 0.0641 e. The number of hydrogen-bond donors (Lipinski definition) is 0. The third kappa shape index (κ3) is 2.31. The van der Waals surface area contributed by atoms with Crippen LogP contribution in [0.5, 0.6) is 0 Å². The van der Waals surface area contributed by atoms with Crippen molar-refractivity contribution >= 4 is 22.5 Å². The third-order valence-electron chi connectivity index (χ3n) is 4.61. The second-order valence-corrected chi connectivity index (χ2v) is 6.38. The molecule has 0 aliphatic heterocycles. The molecule has 0 aliphatic rings. The standard InChI is InChI=1S/C21H17ClN2/c1-14-15(2)24(17-6-5-11-23-13-17)21-10-9-16(12-19(14)21)18-7-3-4-8-20(18)22/h3-13H,1-2H3. The van der Waals surface area contributed by atoms with E-state index in [0.717, 1.165) is 21.8 Å². The molecule has 2 aromatic heterocycles. The van der Waals surface area contributed by atoms with Gasteiger partial charge >= 0.3 is 0 Å². The molecule has 0 aliphatic carbocycles. The normalized spacial score (nSPS) is 11.1. The zero-order valence-electron chi connectivity index (χ0n) is 13.6. The van der Waals surface area contributed by atoms with E-state index in [2.05, 4.69) is 53.7 Å². The zero-order chi connectivity index (χ0) is 16.7. The van der Waals surface area contributed by atoms with Crippen LogP contribution in [0.3, 0.4) is 0 Å². The summed E-state index contributed by atoms with van der Waals surface area (Å²) in [5, 5.41) is 2.02.